The second kappa shape index (κ2) is 5.54. The molecular weight excluding hydrogens is 193 g/mol. The van der Waals surface area contributed by atoms with Gasteiger partial charge in [-0.05, 0) is 6.42 Å². The Morgan fingerprint density at radius 2 is 1.92 bits per heavy atom. The molecule has 0 aliphatic heterocycles. The molecule has 0 aromatic rings. The average Bonchev–Trinajstić information content (AvgIpc) is 1.86. The third-order valence-electron chi connectivity index (χ3n) is 1.65. The Hall–Kier alpha value is 0.830. The van der Waals surface area contributed by atoms with E-state index >= 15 is 0 Å². The molecule has 0 amide bonds. The molecule has 0 heterocycles. The van der Waals surface area contributed by atoms with Crippen LogP contribution in [0, 0.1) is 0 Å². The fourth-order valence-electron chi connectivity index (χ4n) is 0.677. The summed E-state index contributed by atoms with van der Waals surface area (Å²) in [5.74, 6) is 0. The van der Waals surface area contributed by atoms with Gasteiger partial charge in [0.15, 0.2) is 0 Å². The number of hydrogen-bond acceptors (Lipinski definition) is 4. The summed E-state index contributed by atoms with van der Waals surface area (Å²) in [7, 11) is -4.26. The second-order valence-electron chi connectivity index (χ2n) is 2.37. The number of aliphatic hydroxyl groups excluding tert-OH is 1. The molecule has 0 saturated heterocycles. The maximum atomic E-state index is 10.6. The first kappa shape index (κ1) is 15.3. The van der Waals surface area contributed by atoms with Gasteiger partial charge in [0.2, 0.25) is 0 Å². The first-order valence-corrected chi connectivity index (χ1v) is 4.68. The minimum Gasteiger partial charge on any atom is -0.396 e. The van der Waals surface area contributed by atoms with E-state index in [9.17, 15) is 8.42 Å². The molecule has 0 bridgehead atoms. The van der Waals surface area contributed by atoms with E-state index in [0.717, 1.165) is 0 Å². The van der Waals surface area contributed by atoms with Gasteiger partial charge in [0.1, 0.15) is 4.87 Å². The first-order chi connectivity index (χ1) is 4.87. The molecule has 12 heavy (non-hydrogen) atoms. The van der Waals surface area contributed by atoms with Gasteiger partial charge < -0.3 is 10.8 Å². The molecule has 4 N–H and O–H groups in total. The summed E-state index contributed by atoms with van der Waals surface area (Å²) >= 11 is 0. The van der Waals surface area contributed by atoms with Gasteiger partial charge in [-0.2, -0.15) is 8.42 Å². The Kier molecular flexibility index (Phi) is 7.06. The van der Waals surface area contributed by atoms with Crippen LogP contribution in [0.3, 0.4) is 0 Å². The van der Waals surface area contributed by atoms with Crippen molar-refractivity contribution in [1.82, 2.24) is 0 Å². The minimum atomic E-state index is -4.26. The molecule has 0 aliphatic rings. The van der Waals surface area contributed by atoms with Gasteiger partial charge in [-0.1, -0.05) is 6.92 Å². The summed E-state index contributed by atoms with van der Waals surface area (Å²) in [6.45, 7) is 1.17. The Morgan fingerprint density at radius 1 is 1.50 bits per heavy atom. The largest absolute Gasteiger partial charge is 0.396 e. The van der Waals surface area contributed by atoms with E-state index in [1.165, 1.54) is 6.92 Å². The minimum absolute atomic E-state index is 0. The molecule has 0 aromatic carbocycles. The third kappa shape index (κ3) is 3.69. The Balaban J connectivity index is 0. The van der Waals surface area contributed by atoms with E-state index in [2.05, 4.69) is 0 Å². The monoisotopic (exact) mass is 206 g/mol. The molecule has 7 heteroatoms. The van der Waals surface area contributed by atoms with Gasteiger partial charge in [-0.3, -0.25) is 4.55 Å². The molecule has 0 rings (SSSR count). The smallest absolute Gasteiger partial charge is 0.283 e. The van der Waals surface area contributed by atoms with Gasteiger partial charge in [-0.25, -0.2) is 0 Å². The molecule has 0 aliphatic carbocycles. The van der Waals surface area contributed by atoms with E-state index in [-0.39, 0.29) is 49.0 Å². The van der Waals surface area contributed by atoms with Gasteiger partial charge in [-0.15, -0.1) is 0 Å². The van der Waals surface area contributed by atoms with Gasteiger partial charge in [0.05, 0.1) is 0 Å². The van der Waals surface area contributed by atoms with Crippen molar-refractivity contribution >= 4 is 39.7 Å². The fourth-order valence-corrected chi connectivity index (χ4v) is 1.39. The summed E-state index contributed by atoms with van der Waals surface area (Å²) in [5.41, 5.74) is 5.29. The van der Waals surface area contributed by atoms with Crippen LogP contribution >= 0.6 is 0 Å². The van der Waals surface area contributed by atoms with E-state index in [1.54, 1.807) is 0 Å². The fraction of sp³-hybridized carbons (Fsp3) is 1.00. The SMILES string of the molecule is CCC(N)(CCO)S(=O)(=O)O.[Na]. The molecular formula is C5H13NNaO4S. The van der Waals surface area contributed by atoms with Crippen LogP contribution in [0.15, 0.2) is 0 Å². The quantitative estimate of drug-likeness (QED) is 0.402. The van der Waals surface area contributed by atoms with Crippen molar-refractivity contribution in [3.05, 3.63) is 0 Å². The molecule has 1 radical (unpaired) electrons. The van der Waals surface area contributed by atoms with Crippen LogP contribution in [0.4, 0.5) is 0 Å². The standard InChI is InChI=1S/C5H13NO4S.Na/c1-2-5(6,3-4-7)11(8,9)10;/h7H,2-4,6H2,1H3,(H,8,9,10);. The van der Waals surface area contributed by atoms with E-state index in [0.29, 0.717) is 0 Å². The van der Waals surface area contributed by atoms with Crippen molar-refractivity contribution in [3.63, 3.8) is 0 Å². The van der Waals surface area contributed by atoms with Crippen LogP contribution < -0.4 is 5.73 Å². The molecule has 1 unspecified atom stereocenters. The summed E-state index contributed by atoms with van der Waals surface area (Å²) in [6.07, 6.45) is -0.0747. The summed E-state index contributed by atoms with van der Waals surface area (Å²) < 4.78 is 29.8. The number of nitrogens with two attached hydrogens (primary N) is 1. The molecule has 69 valence electrons. The molecule has 0 fully saturated rings. The van der Waals surface area contributed by atoms with Crippen molar-refractivity contribution in [2.75, 3.05) is 6.61 Å². The predicted molar refractivity (Wildman–Crippen MR) is 46.2 cm³/mol. The normalized spacial score (nSPS) is 16.3. The van der Waals surface area contributed by atoms with Crippen LogP contribution in [0.25, 0.3) is 0 Å². The number of rotatable bonds is 4. The maximum Gasteiger partial charge on any atom is 0.283 e. The van der Waals surface area contributed by atoms with Crippen molar-refractivity contribution in [2.45, 2.75) is 24.6 Å². The Bertz CT molecular complexity index is 217. The van der Waals surface area contributed by atoms with Crippen molar-refractivity contribution < 1.29 is 18.1 Å². The maximum absolute atomic E-state index is 10.6. The zero-order chi connectivity index (χ0) is 9.12. The van der Waals surface area contributed by atoms with Crippen LogP contribution in [0.5, 0.6) is 0 Å². The van der Waals surface area contributed by atoms with Crippen LogP contribution in [0.2, 0.25) is 0 Å². The van der Waals surface area contributed by atoms with Gasteiger partial charge in [0.25, 0.3) is 10.1 Å². The number of hydrogen-bond donors (Lipinski definition) is 3. The van der Waals surface area contributed by atoms with E-state index < -0.39 is 15.0 Å². The predicted octanol–water partition coefficient (Wildman–Crippen LogP) is -1.06. The van der Waals surface area contributed by atoms with Crippen molar-refractivity contribution in [3.8, 4) is 0 Å². The van der Waals surface area contributed by atoms with Crippen LogP contribution in [-0.4, -0.2) is 59.1 Å². The molecule has 0 aromatic heterocycles. The van der Waals surface area contributed by atoms with Crippen molar-refractivity contribution in [2.24, 2.45) is 5.73 Å². The van der Waals surface area contributed by atoms with Crippen LogP contribution in [0.1, 0.15) is 19.8 Å². The molecule has 0 spiro atoms. The molecule has 1 atom stereocenters. The first-order valence-electron chi connectivity index (χ1n) is 3.24. The van der Waals surface area contributed by atoms with Gasteiger partial charge in [0, 0.05) is 42.6 Å². The third-order valence-corrected chi connectivity index (χ3v) is 3.17. The van der Waals surface area contributed by atoms with E-state index in [1.807, 2.05) is 0 Å². The summed E-state index contributed by atoms with van der Waals surface area (Å²) in [6, 6.07) is 0. The Morgan fingerprint density at radius 3 is 2.00 bits per heavy atom. The summed E-state index contributed by atoms with van der Waals surface area (Å²) in [4.78, 5) is -1.69. The molecule has 5 nitrogen and oxygen atoms in total. The topological polar surface area (TPSA) is 101 Å². The Labute approximate surface area is 94.4 Å². The van der Waals surface area contributed by atoms with E-state index in [4.69, 9.17) is 15.4 Å². The zero-order valence-corrected chi connectivity index (χ0v) is 10.1. The molecule has 0 saturated carbocycles. The van der Waals surface area contributed by atoms with Gasteiger partial charge >= 0.3 is 0 Å². The second-order valence-corrected chi connectivity index (χ2v) is 4.13. The number of aliphatic hydroxyl groups is 1. The summed E-state index contributed by atoms with van der Waals surface area (Å²) in [5, 5.41) is 8.44. The van der Waals surface area contributed by atoms with Crippen molar-refractivity contribution in [1.29, 1.82) is 0 Å². The average molecular weight is 206 g/mol. The zero-order valence-electron chi connectivity index (χ0n) is 7.32. The van der Waals surface area contributed by atoms with Crippen LogP contribution in [-0.2, 0) is 10.1 Å².